The second-order valence-electron chi connectivity index (χ2n) is 7.08. The molecule has 0 bridgehead atoms. The molecule has 0 radical (unpaired) electrons. The van der Waals surface area contributed by atoms with Gasteiger partial charge in [-0.05, 0) is 58.0 Å². The SMILES string of the molecule is CC(N)CCC(=O)N1CCCC(CN2CCCCCC2)C1. The molecule has 2 saturated heterocycles. The van der Waals surface area contributed by atoms with Crippen LogP contribution < -0.4 is 5.73 Å². The molecule has 21 heavy (non-hydrogen) atoms. The van der Waals surface area contributed by atoms with Crippen LogP contribution in [0.15, 0.2) is 0 Å². The molecule has 0 spiro atoms. The number of hydrogen-bond acceptors (Lipinski definition) is 3. The molecule has 0 aromatic carbocycles. The standard InChI is InChI=1S/C17H33N3O/c1-15(18)8-9-17(21)20-12-6-7-16(14-20)13-19-10-4-2-3-5-11-19/h15-16H,2-14,18H2,1H3. The van der Waals surface area contributed by atoms with E-state index in [1.54, 1.807) is 0 Å². The zero-order valence-electron chi connectivity index (χ0n) is 13.7. The van der Waals surface area contributed by atoms with Gasteiger partial charge in [-0.2, -0.15) is 0 Å². The second kappa shape index (κ2) is 8.74. The van der Waals surface area contributed by atoms with Gasteiger partial charge in [0.25, 0.3) is 0 Å². The summed E-state index contributed by atoms with van der Waals surface area (Å²) in [4.78, 5) is 17.0. The van der Waals surface area contributed by atoms with E-state index in [4.69, 9.17) is 5.73 Å². The highest BCUT2D eigenvalue weighted by atomic mass is 16.2. The van der Waals surface area contributed by atoms with Gasteiger partial charge in [0.15, 0.2) is 0 Å². The monoisotopic (exact) mass is 295 g/mol. The molecule has 1 amide bonds. The maximum Gasteiger partial charge on any atom is 0.222 e. The third-order valence-corrected chi connectivity index (χ3v) is 4.90. The topological polar surface area (TPSA) is 49.6 Å². The maximum absolute atomic E-state index is 12.3. The van der Waals surface area contributed by atoms with Crippen LogP contribution in [0.3, 0.4) is 0 Å². The van der Waals surface area contributed by atoms with E-state index >= 15 is 0 Å². The van der Waals surface area contributed by atoms with Crippen molar-refractivity contribution in [2.24, 2.45) is 11.7 Å². The van der Waals surface area contributed by atoms with Gasteiger partial charge < -0.3 is 15.5 Å². The van der Waals surface area contributed by atoms with Crippen LogP contribution in [-0.4, -0.2) is 54.5 Å². The van der Waals surface area contributed by atoms with Crippen molar-refractivity contribution in [3.05, 3.63) is 0 Å². The van der Waals surface area contributed by atoms with E-state index in [9.17, 15) is 4.79 Å². The molecule has 2 N–H and O–H groups in total. The largest absolute Gasteiger partial charge is 0.342 e. The smallest absolute Gasteiger partial charge is 0.222 e. The Morgan fingerprint density at radius 1 is 1.14 bits per heavy atom. The maximum atomic E-state index is 12.3. The summed E-state index contributed by atoms with van der Waals surface area (Å²) < 4.78 is 0. The average Bonchev–Trinajstić information content (AvgIpc) is 2.73. The number of piperidine rings is 1. The minimum atomic E-state index is 0.131. The van der Waals surface area contributed by atoms with Crippen LogP contribution in [0.2, 0.25) is 0 Å². The lowest BCUT2D eigenvalue weighted by Crippen LogP contribution is -2.44. The fourth-order valence-corrected chi connectivity index (χ4v) is 3.63. The molecule has 0 saturated carbocycles. The Labute approximate surface area is 130 Å². The van der Waals surface area contributed by atoms with Crippen LogP contribution in [0.1, 0.15) is 58.3 Å². The molecule has 0 aromatic rings. The summed E-state index contributed by atoms with van der Waals surface area (Å²) >= 11 is 0. The summed E-state index contributed by atoms with van der Waals surface area (Å²) in [6.45, 7) is 7.61. The third kappa shape index (κ3) is 5.95. The normalized spacial score (nSPS) is 26.4. The van der Waals surface area contributed by atoms with Crippen molar-refractivity contribution < 1.29 is 4.79 Å². The summed E-state index contributed by atoms with van der Waals surface area (Å²) in [6, 6.07) is 0.131. The van der Waals surface area contributed by atoms with Crippen molar-refractivity contribution in [1.82, 2.24) is 9.80 Å². The Morgan fingerprint density at radius 2 is 1.86 bits per heavy atom. The first-order valence-electron chi connectivity index (χ1n) is 8.91. The van der Waals surface area contributed by atoms with Gasteiger partial charge in [-0.25, -0.2) is 0 Å². The zero-order valence-corrected chi connectivity index (χ0v) is 13.7. The fraction of sp³-hybridized carbons (Fsp3) is 0.941. The van der Waals surface area contributed by atoms with Crippen LogP contribution in [0.4, 0.5) is 0 Å². The van der Waals surface area contributed by atoms with E-state index in [0.717, 1.165) is 19.5 Å². The lowest BCUT2D eigenvalue weighted by Gasteiger charge is -2.35. The van der Waals surface area contributed by atoms with E-state index in [2.05, 4.69) is 9.80 Å². The number of rotatable bonds is 5. The lowest BCUT2D eigenvalue weighted by atomic mass is 9.96. The van der Waals surface area contributed by atoms with Gasteiger partial charge in [0, 0.05) is 32.1 Å². The molecule has 122 valence electrons. The molecular formula is C17H33N3O. The summed E-state index contributed by atoms with van der Waals surface area (Å²) in [6.07, 6.45) is 9.37. The number of carbonyl (C=O) groups is 1. The third-order valence-electron chi connectivity index (χ3n) is 4.90. The molecule has 2 fully saturated rings. The van der Waals surface area contributed by atoms with E-state index in [-0.39, 0.29) is 6.04 Å². The van der Waals surface area contributed by atoms with Gasteiger partial charge in [0.05, 0.1) is 0 Å². The van der Waals surface area contributed by atoms with Gasteiger partial charge >= 0.3 is 0 Å². The Balaban J connectivity index is 1.75. The molecule has 4 nitrogen and oxygen atoms in total. The number of hydrogen-bond donors (Lipinski definition) is 1. The quantitative estimate of drug-likeness (QED) is 0.846. The van der Waals surface area contributed by atoms with E-state index < -0.39 is 0 Å². The molecule has 2 rings (SSSR count). The van der Waals surface area contributed by atoms with Crippen molar-refractivity contribution in [1.29, 1.82) is 0 Å². The van der Waals surface area contributed by atoms with E-state index in [0.29, 0.717) is 18.2 Å². The molecule has 2 atom stereocenters. The molecule has 0 aliphatic carbocycles. The summed E-state index contributed by atoms with van der Waals surface area (Å²) in [7, 11) is 0. The molecular weight excluding hydrogens is 262 g/mol. The fourth-order valence-electron chi connectivity index (χ4n) is 3.63. The van der Waals surface area contributed by atoms with Crippen molar-refractivity contribution in [3.63, 3.8) is 0 Å². The van der Waals surface area contributed by atoms with Crippen LogP contribution >= 0.6 is 0 Å². The van der Waals surface area contributed by atoms with Crippen molar-refractivity contribution in [2.45, 2.75) is 64.3 Å². The molecule has 2 aliphatic heterocycles. The number of amides is 1. The van der Waals surface area contributed by atoms with Gasteiger partial charge in [0.2, 0.25) is 5.91 Å². The number of nitrogens with two attached hydrogens (primary N) is 1. The predicted molar refractivity (Wildman–Crippen MR) is 87.1 cm³/mol. The Hall–Kier alpha value is -0.610. The van der Waals surface area contributed by atoms with Crippen molar-refractivity contribution in [3.8, 4) is 0 Å². The van der Waals surface area contributed by atoms with Gasteiger partial charge in [0.1, 0.15) is 0 Å². The minimum Gasteiger partial charge on any atom is -0.342 e. The first-order valence-corrected chi connectivity index (χ1v) is 8.91. The van der Waals surface area contributed by atoms with E-state index in [1.165, 1.54) is 58.2 Å². The van der Waals surface area contributed by atoms with Crippen molar-refractivity contribution >= 4 is 5.91 Å². The highest BCUT2D eigenvalue weighted by Gasteiger charge is 2.25. The molecule has 2 aliphatic rings. The molecule has 2 heterocycles. The summed E-state index contributed by atoms with van der Waals surface area (Å²) in [5.41, 5.74) is 5.76. The van der Waals surface area contributed by atoms with E-state index in [1.807, 2.05) is 6.92 Å². The van der Waals surface area contributed by atoms with Gasteiger partial charge in [-0.3, -0.25) is 4.79 Å². The summed E-state index contributed by atoms with van der Waals surface area (Å²) in [5.74, 6) is 0.990. The summed E-state index contributed by atoms with van der Waals surface area (Å²) in [5, 5.41) is 0. The minimum absolute atomic E-state index is 0.131. The van der Waals surface area contributed by atoms with Gasteiger partial charge in [-0.15, -0.1) is 0 Å². The highest BCUT2D eigenvalue weighted by Crippen LogP contribution is 2.20. The zero-order chi connectivity index (χ0) is 15.1. The average molecular weight is 295 g/mol. The Bertz CT molecular complexity index is 311. The van der Waals surface area contributed by atoms with Crippen LogP contribution in [-0.2, 0) is 4.79 Å². The number of nitrogens with zero attached hydrogens (tertiary/aromatic N) is 2. The first kappa shape index (κ1) is 16.8. The number of likely N-dealkylation sites (tertiary alicyclic amines) is 2. The number of carbonyl (C=O) groups excluding carboxylic acids is 1. The van der Waals surface area contributed by atoms with Crippen LogP contribution in [0.5, 0.6) is 0 Å². The van der Waals surface area contributed by atoms with Crippen LogP contribution in [0.25, 0.3) is 0 Å². The Morgan fingerprint density at radius 3 is 2.52 bits per heavy atom. The van der Waals surface area contributed by atoms with Crippen LogP contribution in [0, 0.1) is 5.92 Å². The molecule has 0 aromatic heterocycles. The predicted octanol–water partition coefficient (Wildman–Crippen LogP) is 2.23. The molecule has 4 heteroatoms. The lowest BCUT2D eigenvalue weighted by molar-refractivity contribution is -0.133. The molecule has 2 unspecified atom stereocenters. The van der Waals surface area contributed by atoms with Gasteiger partial charge in [-0.1, -0.05) is 12.8 Å². The second-order valence-corrected chi connectivity index (χ2v) is 7.08. The highest BCUT2D eigenvalue weighted by molar-refractivity contribution is 5.76. The first-order chi connectivity index (χ1) is 10.1. The van der Waals surface area contributed by atoms with Crippen molar-refractivity contribution in [2.75, 3.05) is 32.7 Å². The Kier molecular flexibility index (Phi) is 6.97.